The highest BCUT2D eigenvalue weighted by Crippen LogP contribution is 2.36. The molecule has 31 heavy (non-hydrogen) atoms. The van der Waals surface area contributed by atoms with E-state index in [2.05, 4.69) is 54.6 Å². The van der Waals surface area contributed by atoms with E-state index >= 15 is 0 Å². The van der Waals surface area contributed by atoms with Crippen LogP contribution in [0.15, 0.2) is 103 Å². The predicted molar refractivity (Wildman–Crippen MR) is 130 cm³/mol. The fourth-order valence-corrected chi connectivity index (χ4v) is 4.41. The van der Waals surface area contributed by atoms with Crippen molar-refractivity contribution in [3.05, 3.63) is 108 Å². The van der Waals surface area contributed by atoms with E-state index in [1.807, 2.05) is 48.5 Å². The lowest BCUT2D eigenvalue weighted by atomic mass is 9.99. The van der Waals surface area contributed by atoms with E-state index in [0.717, 1.165) is 60.1 Å². The Bertz CT molecular complexity index is 1580. The quantitative estimate of drug-likeness (QED) is 0.268. The van der Waals surface area contributed by atoms with Crippen LogP contribution in [0.4, 0.5) is 0 Å². The molecule has 0 fully saturated rings. The van der Waals surface area contributed by atoms with Gasteiger partial charge >= 0.3 is 0 Å². The molecule has 0 unspecified atom stereocenters. The molecule has 0 bridgehead atoms. The SMILES string of the molecule is Clc1ccc2c(ccc3ccc4nc(-c5ccccc5)c(-c5ccccc5)nc4c32)c1. The van der Waals surface area contributed by atoms with Crippen molar-refractivity contribution in [2.45, 2.75) is 0 Å². The highest BCUT2D eigenvalue weighted by molar-refractivity contribution is 6.32. The van der Waals surface area contributed by atoms with Gasteiger partial charge in [0, 0.05) is 21.5 Å². The van der Waals surface area contributed by atoms with Gasteiger partial charge in [-0.1, -0.05) is 96.5 Å². The molecule has 146 valence electrons. The summed E-state index contributed by atoms with van der Waals surface area (Å²) in [6.07, 6.45) is 0. The Labute approximate surface area is 184 Å². The molecule has 0 N–H and O–H groups in total. The zero-order valence-corrected chi connectivity index (χ0v) is 17.3. The Morgan fingerprint density at radius 2 is 1.16 bits per heavy atom. The molecule has 0 spiro atoms. The van der Waals surface area contributed by atoms with Gasteiger partial charge in [-0.15, -0.1) is 0 Å². The van der Waals surface area contributed by atoms with Crippen molar-refractivity contribution in [3.63, 3.8) is 0 Å². The third-order valence-electron chi connectivity index (χ3n) is 5.69. The number of hydrogen-bond donors (Lipinski definition) is 0. The Kier molecular flexibility index (Phi) is 4.19. The van der Waals surface area contributed by atoms with Crippen molar-refractivity contribution in [1.29, 1.82) is 0 Å². The zero-order valence-electron chi connectivity index (χ0n) is 16.6. The third kappa shape index (κ3) is 3.04. The minimum atomic E-state index is 0.731. The van der Waals surface area contributed by atoms with Crippen LogP contribution in [0, 0.1) is 0 Å². The van der Waals surface area contributed by atoms with Crippen LogP contribution in [0.2, 0.25) is 5.02 Å². The van der Waals surface area contributed by atoms with Crippen LogP contribution >= 0.6 is 11.6 Å². The first-order valence-electron chi connectivity index (χ1n) is 10.2. The summed E-state index contributed by atoms with van der Waals surface area (Å²) in [5.74, 6) is 0. The van der Waals surface area contributed by atoms with Crippen LogP contribution in [0.5, 0.6) is 0 Å². The number of halogens is 1. The summed E-state index contributed by atoms with van der Waals surface area (Å²) >= 11 is 6.25. The Morgan fingerprint density at radius 1 is 0.548 bits per heavy atom. The largest absolute Gasteiger partial charge is 0.244 e. The molecule has 1 aromatic heterocycles. The lowest BCUT2D eigenvalue weighted by Crippen LogP contribution is -1.96. The van der Waals surface area contributed by atoms with E-state index in [9.17, 15) is 0 Å². The summed E-state index contributed by atoms with van der Waals surface area (Å²) in [5, 5.41) is 5.21. The van der Waals surface area contributed by atoms with E-state index < -0.39 is 0 Å². The molecule has 0 aliphatic heterocycles. The van der Waals surface area contributed by atoms with Gasteiger partial charge in [0.05, 0.1) is 22.4 Å². The van der Waals surface area contributed by atoms with Gasteiger partial charge in [-0.2, -0.15) is 0 Å². The molecule has 3 heteroatoms. The van der Waals surface area contributed by atoms with Crippen LogP contribution in [0.1, 0.15) is 0 Å². The monoisotopic (exact) mass is 416 g/mol. The molecule has 0 aliphatic rings. The summed E-state index contributed by atoms with van der Waals surface area (Å²) in [5.41, 5.74) is 5.67. The number of benzene rings is 5. The van der Waals surface area contributed by atoms with E-state index in [-0.39, 0.29) is 0 Å². The first-order chi connectivity index (χ1) is 15.3. The van der Waals surface area contributed by atoms with Crippen LogP contribution < -0.4 is 0 Å². The molecular weight excluding hydrogens is 400 g/mol. The van der Waals surface area contributed by atoms with E-state index in [1.165, 1.54) is 0 Å². The zero-order chi connectivity index (χ0) is 20.8. The maximum absolute atomic E-state index is 6.25. The molecular formula is C28H17ClN2. The number of aromatic nitrogens is 2. The molecule has 0 saturated carbocycles. The van der Waals surface area contributed by atoms with Crippen molar-refractivity contribution in [1.82, 2.24) is 9.97 Å². The molecule has 0 saturated heterocycles. The van der Waals surface area contributed by atoms with Gasteiger partial charge in [-0.25, -0.2) is 9.97 Å². The summed E-state index contributed by atoms with van der Waals surface area (Å²) in [4.78, 5) is 10.3. The average molecular weight is 417 g/mol. The van der Waals surface area contributed by atoms with Gasteiger partial charge < -0.3 is 0 Å². The highest BCUT2D eigenvalue weighted by atomic mass is 35.5. The smallest absolute Gasteiger partial charge is 0.0979 e. The van der Waals surface area contributed by atoms with Crippen LogP contribution in [-0.2, 0) is 0 Å². The molecule has 0 aliphatic carbocycles. The predicted octanol–water partition coefficient (Wildman–Crippen LogP) is 7.92. The first kappa shape index (κ1) is 18.1. The minimum Gasteiger partial charge on any atom is -0.244 e. The number of nitrogens with zero attached hydrogens (tertiary/aromatic N) is 2. The van der Waals surface area contributed by atoms with Crippen molar-refractivity contribution in [2.24, 2.45) is 0 Å². The molecule has 2 nitrogen and oxygen atoms in total. The maximum atomic E-state index is 6.25. The second kappa shape index (κ2) is 7.19. The van der Waals surface area contributed by atoms with Gasteiger partial charge in [0.1, 0.15) is 0 Å². The molecule has 6 rings (SSSR count). The second-order valence-corrected chi connectivity index (χ2v) is 8.05. The molecule has 1 heterocycles. The van der Waals surface area contributed by atoms with Gasteiger partial charge in [-0.05, 0) is 34.4 Å². The van der Waals surface area contributed by atoms with E-state index in [4.69, 9.17) is 21.6 Å². The molecule has 5 aromatic carbocycles. The van der Waals surface area contributed by atoms with Crippen molar-refractivity contribution < 1.29 is 0 Å². The topological polar surface area (TPSA) is 25.8 Å². The average Bonchev–Trinajstić information content (AvgIpc) is 2.83. The van der Waals surface area contributed by atoms with E-state index in [0.29, 0.717) is 0 Å². The Hall–Kier alpha value is -3.75. The van der Waals surface area contributed by atoms with Crippen molar-refractivity contribution >= 4 is 44.2 Å². The summed E-state index contributed by atoms with van der Waals surface area (Å²) in [6.45, 7) is 0. The summed E-state index contributed by atoms with van der Waals surface area (Å²) < 4.78 is 0. The molecule has 0 radical (unpaired) electrons. The second-order valence-electron chi connectivity index (χ2n) is 7.62. The summed E-state index contributed by atoms with van der Waals surface area (Å²) in [7, 11) is 0. The van der Waals surface area contributed by atoms with Crippen LogP contribution in [-0.4, -0.2) is 9.97 Å². The third-order valence-corrected chi connectivity index (χ3v) is 5.92. The lowest BCUT2D eigenvalue weighted by molar-refractivity contribution is 1.30. The minimum absolute atomic E-state index is 0.731. The highest BCUT2D eigenvalue weighted by Gasteiger charge is 2.15. The molecule has 0 atom stereocenters. The molecule has 6 aromatic rings. The van der Waals surface area contributed by atoms with Crippen LogP contribution in [0.25, 0.3) is 55.1 Å². The Morgan fingerprint density at radius 3 is 1.87 bits per heavy atom. The maximum Gasteiger partial charge on any atom is 0.0979 e. The van der Waals surface area contributed by atoms with Gasteiger partial charge in [0.25, 0.3) is 0 Å². The summed E-state index contributed by atoms with van der Waals surface area (Å²) in [6, 6.07) is 35.0. The standard InChI is InChI=1S/C28H17ClN2/c29-22-14-15-23-21(17-22)12-11-18-13-16-24-28(25(18)23)31-27(20-9-5-2-6-10-20)26(30-24)19-7-3-1-4-8-19/h1-17H. The Balaban J connectivity index is 1.77. The van der Waals surface area contributed by atoms with Gasteiger partial charge in [-0.3, -0.25) is 0 Å². The van der Waals surface area contributed by atoms with Crippen molar-refractivity contribution in [2.75, 3.05) is 0 Å². The van der Waals surface area contributed by atoms with Gasteiger partial charge in [0.15, 0.2) is 0 Å². The fourth-order valence-electron chi connectivity index (χ4n) is 4.23. The van der Waals surface area contributed by atoms with Crippen LogP contribution in [0.3, 0.4) is 0 Å². The fraction of sp³-hybridized carbons (Fsp3) is 0. The lowest BCUT2D eigenvalue weighted by Gasteiger charge is -2.13. The normalized spacial score (nSPS) is 11.4. The number of fused-ring (bicyclic) bond motifs is 5. The van der Waals surface area contributed by atoms with E-state index in [1.54, 1.807) is 0 Å². The number of hydrogen-bond acceptors (Lipinski definition) is 2. The molecule has 0 amide bonds. The van der Waals surface area contributed by atoms with Gasteiger partial charge in [0.2, 0.25) is 0 Å². The number of rotatable bonds is 2. The van der Waals surface area contributed by atoms with Crippen molar-refractivity contribution in [3.8, 4) is 22.5 Å². The first-order valence-corrected chi connectivity index (χ1v) is 10.6.